The molecule has 0 saturated carbocycles. The molecule has 12 nitrogen and oxygen atoms in total. The van der Waals surface area contributed by atoms with Crippen LogP contribution < -0.4 is 11.1 Å². The smallest absolute Gasteiger partial charge is 0.303 e. The highest BCUT2D eigenvalue weighted by Crippen LogP contribution is 2.29. The van der Waals surface area contributed by atoms with Crippen molar-refractivity contribution in [3.63, 3.8) is 0 Å². The van der Waals surface area contributed by atoms with Crippen LogP contribution in [-0.2, 0) is 32.0 Å². The third kappa shape index (κ3) is 9.69. The number of likely N-dealkylation sites (N-methyl/N-ethyl adjacent to an activating group) is 1. The maximum absolute atomic E-state index is 11.3. The second kappa shape index (κ2) is 13.6. The number of hydrogen-bond donors (Lipinski definition) is 7. The summed E-state index contributed by atoms with van der Waals surface area (Å²) in [4.78, 5) is 53.3. The molecule has 1 atom stereocenters. The van der Waals surface area contributed by atoms with E-state index in [4.69, 9.17) is 26.2 Å². The van der Waals surface area contributed by atoms with Gasteiger partial charge in [0.15, 0.2) is 0 Å². The third-order valence-electron chi connectivity index (χ3n) is 4.99. The second-order valence-corrected chi connectivity index (χ2v) is 7.51. The average molecular weight is 479 g/mol. The van der Waals surface area contributed by atoms with Gasteiger partial charge in [0, 0.05) is 28.2 Å². The first-order chi connectivity index (χ1) is 15.9. The van der Waals surface area contributed by atoms with Crippen molar-refractivity contribution in [2.45, 2.75) is 51.0 Å². The summed E-state index contributed by atoms with van der Waals surface area (Å²) in [6, 6.07) is 6.16. The van der Waals surface area contributed by atoms with Crippen molar-refractivity contribution in [1.82, 2.24) is 10.3 Å². The molecule has 0 radical (unpaired) electrons. The van der Waals surface area contributed by atoms with E-state index in [1.165, 1.54) is 11.3 Å². The maximum atomic E-state index is 11.3. The van der Waals surface area contributed by atoms with Crippen molar-refractivity contribution in [2.24, 2.45) is 5.73 Å². The number of nitrogens with one attached hydrogen (secondary N) is 2. The van der Waals surface area contributed by atoms with Gasteiger partial charge in [0.05, 0.1) is 25.7 Å². The van der Waals surface area contributed by atoms with Gasteiger partial charge in [-0.3, -0.25) is 24.0 Å². The van der Waals surface area contributed by atoms with E-state index < -0.39 is 23.9 Å². The second-order valence-electron chi connectivity index (χ2n) is 7.51. The summed E-state index contributed by atoms with van der Waals surface area (Å²) in [5.74, 6) is -4.67. The van der Waals surface area contributed by atoms with Crippen molar-refractivity contribution in [2.75, 3.05) is 7.05 Å². The van der Waals surface area contributed by atoms with Gasteiger partial charge in [-0.15, -0.1) is 0 Å². The van der Waals surface area contributed by atoms with Crippen LogP contribution in [0.2, 0.25) is 0 Å². The van der Waals surface area contributed by atoms with Gasteiger partial charge in [0.25, 0.3) is 0 Å². The van der Waals surface area contributed by atoms with Gasteiger partial charge in [-0.1, -0.05) is 0 Å². The van der Waals surface area contributed by atoms with Crippen LogP contribution in [-0.4, -0.2) is 68.3 Å². The number of carboxylic acids is 4. The molecular weight excluding hydrogens is 450 g/mol. The summed E-state index contributed by atoms with van der Waals surface area (Å²) < 4.78 is 0. The first-order valence-corrected chi connectivity index (χ1v) is 10.4. The van der Waals surface area contributed by atoms with Gasteiger partial charge in [-0.2, -0.15) is 0 Å². The monoisotopic (exact) mass is 479 g/mol. The van der Waals surface area contributed by atoms with Gasteiger partial charge in [-0.25, -0.2) is 0 Å². The summed E-state index contributed by atoms with van der Waals surface area (Å²) in [6.07, 6.45) is 2.03. The van der Waals surface area contributed by atoms with Crippen molar-refractivity contribution >= 4 is 40.7 Å². The molecule has 12 heteroatoms. The summed E-state index contributed by atoms with van der Waals surface area (Å²) >= 11 is 0. The molecule has 2 aromatic rings. The van der Waals surface area contributed by atoms with Crippen LogP contribution in [0.25, 0.3) is 10.9 Å². The quantitative estimate of drug-likeness (QED) is 0.287. The van der Waals surface area contributed by atoms with E-state index in [-0.39, 0.29) is 31.6 Å². The molecule has 34 heavy (non-hydrogen) atoms. The zero-order valence-corrected chi connectivity index (χ0v) is 18.7. The molecule has 0 fully saturated rings. The Morgan fingerprint density at radius 2 is 1.44 bits per heavy atom. The molecule has 1 aromatic carbocycles. The van der Waals surface area contributed by atoms with E-state index in [1.807, 2.05) is 19.2 Å². The number of benzene rings is 1. The number of nitrogens with two attached hydrogens (primary N) is 1. The largest absolute Gasteiger partial charge is 0.481 e. The molecule has 0 bridgehead atoms. The van der Waals surface area contributed by atoms with Gasteiger partial charge in [0.2, 0.25) is 5.91 Å². The van der Waals surface area contributed by atoms with Crippen LogP contribution in [0, 0.1) is 0 Å². The number of aliphatic carboxylic acids is 4. The van der Waals surface area contributed by atoms with Crippen molar-refractivity contribution in [3.8, 4) is 0 Å². The first kappa shape index (κ1) is 28.1. The Morgan fingerprint density at radius 3 is 1.85 bits per heavy atom. The summed E-state index contributed by atoms with van der Waals surface area (Å²) in [5, 5.41) is 36.1. The number of carbonyl (C=O) groups excluding carboxylic acids is 1. The fourth-order valence-corrected chi connectivity index (χ4v) is 3.24. The number of aromatic nitrogens is 1. The molecule has 1 aliphatic carbocycles. The topological polar surface area (TPSA) is 220 Å². The molecule has 0 spiro atoms. The molecular formula is C22H29N3O9. The Balaban J connectivity index is 0.000000304. The number of fused-ring (bicyclic) bond motifs is 3. The number of aryl methyl sites for hydroxylation is 1. The van der Waals surface area contributed by atoms with Crippen LogP contribution in [0.1, 0.15) is 53.7 Å². The highest BCUT2D eigenvalue weighted by molar-refractivity contribution is 5.98. The van der Waals surface area contributed by atoms with E-state index in [0.717, 1.165) is 30.2 Å². The molecule has 0 saturated heterocycles. The third-order valence-corrected chi connectivity index (χ3v) is 4.99. The van der Waals surface area contributed by atoms with Crippen LogP contribution in [0.3, 0.4) is 0 Å². The van der Waals surface area contributed by atoms with Crippen molar-refractivity contribution < 1.29 is 44.4 Å². The number of primary amides is 1. The minimum atomic E-state index is -1.08. The lowest BCUT2D eigenvalue weighted by atomic mass is 9.91. The minimum Gasteiger partial charge on any atom is -0.481 e. The number of carboxylic acid groups (broad SMARTS) is 4. The summed E-state index contributed by atoms with van der Waals surface area (Å²) in [6.45, 7) is 0. The number of rotatable bonds is 8. The minimum absolute atomic E-state index is 0.296. The highest BCUT2D eigenvalue weighted by atomic mass is 16.4. The number of aromatic amines is 1. The fraction of sp³-hybridized carbons (Fsp3) is 0.409. The molecule has 1 aliphatic rings. The molecule has 186 valence electrons. The van der Waals surface area contributed by atoms with E-state index in [1.54, 1.807) is 6.07 Å². The van der Waals surface area contributed by atoms with Crippen LogP contribution in [0.15, 0.2) is 18.2 Å². The Labute approximate surface area is 194 Å². The number of H-pyrrole nitrogens is 1. The standard InChI is InChI=1S/C14H17N3O.2C4H6O4/c1-16-9-3-5-13-11(7-9)10-6-8(14(15)18)2-4-12(10)17-13;2*5-3(6)1-2-4(7)8/h2,4,6,9,16-17H,3,5,7H2,1H3,(H2,15,18);2*1-2H2,(H,5,6)(H,7,8)/t9-;;/m1../s1. The molecule has 8 N–H and O–H groups in total. The lowest BCUT2D eigenvalue weighted by molar-refractivity contribution is -0.143. The molecule has 0 aliphatic heterocycles. The van der Waals surface area contributed by atoms with Gasteiger partial charge < -0.3 is 36.5 Å². The lowest BCUT2D eigenvalue weighted by Gasteiger charge is -2.21. The SMILES string of the molecule is CN[C@@H]1CCc2[nH]c3ccc(C(N)=O)cc3c2C1.O=C(O)CCC(=O)O.O=C(O)CCC(=O)O. The molecule has 3 rings (SSSR count). The van der Waals surface area contributed by atoms with Gasteiger partial charge in [0.1, 0.15) is 0 Å². The van der Waals surface area contributed by atoms with E-state index in [9.17, 15) is 24.0 Å². The van der Waals surface area contributed by atoms with E-state index in [2.05, 4.69) is 10.3 Å². The Bertz CT molecular complexity index is 990. The molecule has 1 aromatic heterocycles. The molecule has 1 heterocycles. The summed E-state index contributed by atoms with van der Waals surface area (Å²) in [7, 11) is 2.00. The highest BCUT2D eigenvalue weighted by Gasteiger charge is 2.21. The van der Waals surface area contributed by atoms with Crippen LogP contribution in [0.4, 0.5) is 0 Å². The van der Waals surface area contributed by atoms with Crippen LogP contribution in [0.5, 0.6) is 0 Å². The normalized spacial score (nSPS) is 14.0. The zero-order chi connectivity index (χ0) is 25.8. The predicted octanol–water partition coefficient (Wildman–Crippen LogP) is 1.22. The molecule has 0 unspecified atom stereocenters. The Hall–Kier alpha value is -3.93. The maximum Gasteiger partial charge on any atom is 0.303 e. The van der Waals surface area contributed by atoms with Gasteiger partial charge >= 0.3 is 23.9 Å². The van der Waals surface area contributed by atoms with E-state index >= 15 is 0 Å². The average Bonchev–Trinajstić information content (AvgIpc) is 3.14. The molecule has 1 amide bonds. The first-order valence-electron chi connectivity index (χ1n) is 10.4. The zero-order valence-electron chi connectivity index (χ0n) is 18.7. The Kier molecular flexibility index (Phi) is 11.2. The van der Waals surface area contributed by atoms with Crippen molar-refractivity contribution in [3.05, 3.63) is 35.0 Å². The number of carbonyl (C=O) groups is 5. The van der Waals surface area contributed by atoms with Crippen LogP contribution >= 0.6 is 0 Å². The van der Waals surface area contributed by atoms with Crippen molar-refractivity contribution in [1.29, 1.82) is 0 Å². The van der Waals surface area contributed by atoms with Gasteiger partial charge in [-0.05, 0) is 50.1 Å². The van der Waals surface area contributed by atoms with E-state index in [0.29, 0.717) is 11.6 Å². The Morgan fingerprint density at radius 1 is 0.941 bits per heavy atom. The number of amides is 1. The predicted molar refractivity (Wildman–Crippen MR) is 121 cm³/mol. The summed E-state index contributed by atoms with van der Waals surface area (Å²) in [5.41, 5.74) is 9.66. The lowest BCUT2D eigenvalue weighted by Crippen LogP contribution is -2.31. The fourth-order valence-electron chi connectivity index (χ4n) is 3.24. The number of hydrogen-bond acceptors (Lipinski definition) is 6.